The lowest BCUT2D eigenvalue weighted by Crippen LogP contribution is -2.26. The summed E-state index contributed by atoms with van der Waals surface area (Å²) >= 11 is 4.34. The summed E-state index contributed by atoms with van der Waals surface area (Å²) in [5, 5.41) is 2.90. The molecule has 0 aliphatic carbocycles. The number of hydrogen-bond donors (Lipinski definition) is 2. The molecule has 7 nitrogen and oxygen atoms in total. The summed E-state index contributed by atoms with van der Waals surface area (Å²) in [5.74, 6) is 0. The number of nitrogens with one attached hydrogen (secondary N) is 1. The fraction of sp³-hybridized carbons (Fsp3) is 0.0870. The number of pyridine rings is 1. The minimum atomic E-state index is -0.325. The molecule has 0 unspecified atom stereocenters. The van der Waals surface area contributed by atoms with Gasteiger partial charge >= 0.3 is 12.0 Å². The minimum absolute atomic E-state index is 0.325. The van der Waals surface area contributed by atoms with Crippen LogP contribution in [0.4, 0.5) is 27.9 Å². The molecular formula is C23H21N5O2S. The van der Waals surface area contributed by atoms with E-state index in [0.717, 1.165) is 22.5 Å². The quantitative estimate of drug-likeness (QED) is 0.382. The van der Waals surface area contributed by atoms with E-state index >= 15 is 0 Å². The van der Waals surface area contributed by atoms with Crippen LogP contribution >= 0.6 is 12.8 Å². The molecule has 8 heteroatoms. The Bertz CT molecular complexity index is 1140. The maximum Gasteiger partial charge on any atom is 0.331 e. The third-order valence-corrected chi connectivity index (χ3v) is 4.97. The van der Waals surface area contributed by atoms with Crippen LogP contribution in [0.1, 0.15) is 11.1 Å². The standard InChI is InChI=1S/C23H21N5O2S/c1-17-7-8-19(26-22(29)27(31)16-18-5-3-2-4-6-18)15-21(17)28(23-25-13-14-30-23)20-9-11-24-12-10-20/h2-15,31H,16H2,1H3,(H,26,29). The van der Waals surface area contributed by atoms with E-state index in [1.54, 1.807) is 18.6 Å². The van der Waals surface area contributed by atoms with Gasteiger partial charge in [0, 0.05) is 18.1 Å². The van der Waals surface area contributed by atoms with Crippen molar-refractivity contribution >= 4 is 41.9 Å². The van der Waals surface area contributed by atoms with Gasteiger partial charge in [0.25, 0.3) is 0 Å². The number of benzene rings is 2. The summed E-state index contributed by atoms with van der Waals surface area (Å²) in [6, 6.07) is 19.2. The van der Waals surface area contributed by atoms with Gasteiger partial charge in [-0.2, -0.15) is 0 Å². The Morgan fingerprint density at radius 2 is 1.84 bits per heavy atom. The summed E-state index contributed by atoms with van der Waals surface area (Å²) in [7, 11) is 0. The van der Waals surface area contributed by atoms with Gasteiger partial charge in [-0.3, -0.25) is 14.2 Å². The van der Waals surface area contributed by atoms with Crippen LogP contribution in [0.25, 0.3) is 0 Å². The van der Waals surface area contributed by atoms with Crippen molar-refractivity contribution in [2.45, 2.75) is 13.5 Å². The van der Waals surface area contributed by atoms with Gasteiger partial charge in [0.1, 0.15) is 6.26 Å². The van der Waals surface area contributed by atoms with Crippen molar-refractivity contribution < 1.29 is 9.21 Å². The summed E-state index contributed by atoms with van der Waals surface area (Å²) in [5.41, 5.74) is 4.26. The Balaban J connectivity index is 1.59. The maximum absolute atomic E-state index is 12.7. The second-order valence-electron chi connectivity index (χ2n) is 6.83. The predicted octanol–water partition coefficient (Wildman–Crippen LogP) is 5.73. The number of hydrogen-bond acceptors (Lipinski definition) is 6. The zero-order valence-corrected chi connectivity index (χ0v) is 17.7. The Labute approximate surface area is 185 Å². The highest BCUT2D eigenvalue weighted by Gasteiger charge is 2.19. The third kappa shape index (κ3) is 4.87. The van der Waals surface area contributed by atoms with Gasteiger partial charge in [-0.25, -0.2) is 9.78 Å². The number of carbonyl (C=O) groups is 1. The first-order valence-corrected chi connectivity index (χ1v) is 10.0. The van der Waals surface area contributed by atoms with E-state index in [-0.39, 0.29) is 6.03 Å². The second kappa shape index (κ2) is 9.36. The van der Waals surface area contributed by atoms with Crippen molar-refractivity contribution in [2.75, 3.05) is 10.2 Å². The first-order valence-electron chi connectivity index (χ1n) is 9.63. The van der Waals surface area contributed by atoms with Crippen molar-refractivity contribution in [2.24, 2.45) is 0 Å². The SMILES string of the molecule is Cc1ccc(NC(=O)N(S)Cc2ccccc2)cc1N(c1ccncc1)c1ncco1. The summed E-state index contributed by atoms with van der Waals surface area (Å²) in [6.07, 6.45) is 6.52. The molecule has 0 bridgehead atoms. The molecule has 0 saturated carbocycles. The predicted molar refractivity (Wildman–Crippen MR) is 124 cm³/mol. The largest absolute Gasteiger partial charge is 0.432 e. The molecule has 0 aliphatic rings. The number of urea groups is 1. The first kappa shape index (κ1) is 20.5. The highest BCUT2D eigenvalue weighted by molar-refractivity contribution is 7.78. The normalized spacial score (nSPS) is 10.5. The fourth-order valence-corrected chi connectivity index (χ4v) is 3.33. The van der Waals surface area contributed by atoms with Gasteiger partial charge in [0.2, 0.25) is 0 Å². The molecule has 0 saturated heterocycles. The van der Waals surface area contributed by atoms with E-state index in [0.29, 0.717) is 18.2 Å². The molecule has 0 aliphatic heterocycles. The topological polar surface area (TPSA) is 74.5 Å². The molecule has 156 valence electrons. The lowest BCUT2D eigenvalue weighted by molar-refractivity contribution is 0.238. The second-order valence-corrected chi connectivity index (χ2v) is 7.31. The first-order chi connectivity index (χ1) is 15.1. The van der Waals surface area contributed by atoms with E-state index in [1.807, 2.05) is 72.5 Å². The molecule has 0 radical (unpaired) electrons. The van der Waals surface area contributed by atoms with Crippen LogP contribution in [0.3, 0.4) is 0 Å². The van der Waals surface area contributed by atoms with Crippen LogP contribution in [0.5, 0.6) is 0 Å². The van der Waals surface area contributed by atoms with Gasteiger partial charge in [0.05, 0.1) is 24.1 Å². The van der Waals surface area contributed by atoms with Gasteiger partial charge in [-0.05, 0) is 42.3 Å². The highest BCUT2D eigenvalue weighted by atomic mass is 32.1. The summed E-state index contributed by atoms with van der Waals surface area (Å²) in [6.45, 7) is 2.37. The monoisotopic (exact) mass is 431 g/mol. The number of rotatable bonds is 6. The fourth-order valence-electron chi connectivity index (χ4n) is 3.12. The minimum Gasteiger partial charge on any atom is -0.432 e. The number of thiol groups is 1. The Kier molecular flexibility index (Phi) is 6.18. The third-order valence-electron chi connectivity index (χ3n) is 4.64. The zero-order valence-electron chi connectivity index (χ0n) is 16.8. The average Bonchev–Trinajstić information content (AvgIpc) is 3.32. The van der Waals surface area contributed by atoms with E-state index in [1.165, 1.54) is 10.6 Å². The molecule has 0 fully saturated rings. The van der Waals surface area contributed by atoms with E-state index in [4.69, 9.17) is 4.42 Å². The van der Waals surface area contributed by atoms with Crippen molar-refractivity contribution in [1.29, 1.82) is 0 Å². The molecule has 0 atom stereocenters. The number of aryl methyl sites for hydroxylation is 1. The summed E-state index contributed by atoms with van der Waals surface area (Å²) in [4.78, 5) is 22.9. The molecule has 2 aromatic heterocycles. The highest BCUT2D eigenvalue weighted by Crippen LogP contribution is 2.36. The van der Waals surface area contributed by atoms with Gasteiger partial charge in [-0.15, -0.1) is 0 Å². The van der Waals surface area contributed by atoms with Gasteiger partial charge in [0.15, 0.2) is 0 Å². The van der Waals surface area contributed by atoms with Crippen LogP contribution in [0.15, 0.2) is 89.9 Å². The molecule has 2 amide bonds. The van der Waals surface area contributed by atoms with Gasteiger partial charge in [-0.1, -0.05) is 49.2 Å². The van der Waals surface area contributed by atoms with Crippen molar-refractivity contribution in [3.8, 4) is 0 Å². The lowest BCUT2D eigenvalue weighted by Gasteiger charge is -2.24. The van der Waals surface area contributed by atoms with Crippen LogP contribution in [-0.2, 0) is 6.54 Å². The molecule has 4 rings (SSSR count). The molecule has 2 aromatic carbocycles. The van der Waals surface area contributed by atoms with Crippen molar-refractivity contribution in [3.05, 3.63) is 96.6 Å². The van der Waals surface area contributed by atoms with Gasteiger partial charge < -0.3 is 9.73 Å². The maximum atomic E-state index is 12.7. The molecule has 31 heavy (non-hydrogen) atoms. The Morgan fingerprint density at radius 3 is 2.55 bits per heavy atom. The molecule has 4 aromatic rings. The number of nitrogens with zero attached hydrogens (tertiary/aromatic N) is 4. The van der Waals surface area contributed by atoms with Crippen molar-refractivity contribution in [1.82, 2.24) is 14.3 Å². The van der Waals surface area contributed by atoms with Crippen LogP contribution in [0.2, 0.25) is 0 Å². The average molecular weight is 432 g/mol. The molecule has 0 spiro atoms. The van der Waals surface area contributed by atoms with E-state index in [2.05, 4.69) is 28.1 Å². The van der Waals surface area contributed by atoms with Crippen molar-refractivity contribution in [3.63, 3.8) is 0 Å². The number of oxazole rings is 1. The molecular weight excluding hydrogens is 410 g/mol. The number of amides is 2. The molecule has 1 N–H and O–H groups in total. The zero-order chi connectivity index (χ0) is 21.6. The number of anilines is 4. The van der Waals surface area contributed by atoms with E-state index < -0.39 is 0 Å². The number of aromatic nitrogens is 2. The Hall–Kier alpha value is -3.78. The van der Waals surface area contributed by atoms with E-state index in [9.17, 15) is 4.79 Å². The van der Waals surface area contributed by atoms with Crippen LogP contribution < -0.4 is 10.2 Å². The molecule has 2 heterocycles. The Morgan fingerprint density at radius 1 is 1.06 bits per heavy atom. The lowest BCUT2D eigenvalue weighted by atomic mass is 10.1. The smallest absolute Gasteiger partial charge is 0.331 e. The number of carbonyl (C=O) groups excluding carboxylic acids is 1. The van der Waals surface area contributed by atoms with Crippen LogP contribution in [0, 0.1) is 6.92 Å². The summed E-state index contributed by atoms with van der Waals surface area (Å²) < 4.78 is 6.91. The van der Waals surface area contributed by atoms with Crippen LogP contribution in [-0.4, -0.2) is 20.3 Å².